The first-order chi connectivity index (χ1) is 15.5. The minimum absolute atomic E-state index is 0.0987. The SMILES string of the molecule is COc1ccc(C(=O)c2ccc3c(ccn3Cc3ccc(C(=O)NO)cc3)c2)cc1OC. The highest BCUT2D eigenvalue weighted by molar-refractivity contribution is 6.10. The Hall–Kier alpha value is -4.10. The molecule has 0 saturated heterocycles. The molecular weight excluding hydrogens is 408 g/mol. The molecule has 4 rings (SSSR count). The maximum absolute atomic E-state index is 13.0. The summed E-state index contributed by atoms with van der Waals surface area (Å²) in [6, 6.07) is 19.7. The number of aromatic nitrogens is 1. The van der Waals surface area contributed by atoms with Crippen molar-refractivity contribution < 1.29 is 24.3 Å². The average molecular weight is 430 g/mol. The fourth-order valence-corrected chi connectivity index (χ4v) is 3.65. The lowest BCUT2D eigenvalue weighted by atomic mass is 10.0. The normalized spacial score (nSPS) is 10.7. The highest BCUT2D eigenvalue weighted by atomic mass is 16.5. The molecule has 162 valence electrons. The molecule has 0 fully saturated rings. The Labute approximate surface area is 184 Å². The van der Waals surface area contributed by atoms with Crippen molar-refractivity contribution in [1.82, 2.24) is 10.0 Å². The van der Waals surface area contributed by atoms with Crippen LogP contribution in [0, 0.1) is 0 Å². The maximum atomic E-state index is 13.0. The van der Waals surface area contributed by atoms with Crippen LogP contribution in [0.4, 0.5) is 0 Å². The Morgan fingerprint density at radius 1 is 0.844 bits per heavy atom. The van der Waals surface area contributed by atoms with Gasteiger partial charge in [0.2, 0.25) is 0 Å². The van der Waals surface area contributed by atoms with E-state index in [1.165, 1.54) is 7.11 Å². The molecule has 3 aromatic carbocycles. The second-order valence-electron chi connectivity index (χ2n) is 7.25. The molecule has 7 nitrogen and oxygen atoms in total. The van der Waals surface area contributed by atoms with Crippen molar-refractivity contribution in [1.29, 1.82) is 0 Å². The Bertz CT molecular complexity index is 1290. The van der Waals surface area contributed by atoms with Gasteiger partial charge in [0.1, 0.15) is 0 Å². The number of nitrogens with one attached hydrogen (secondary N) is 1. The van der Waals surface area contributed by atoms with Crippen molar-refractivity contribution in [3.05, 3.63) is 95.2 Å². The highest BCUT2D eigenvalue weighted by Crippen LogP contribution is 2.29. The van der Waals surface area contributed by atoms with Crippen molar-refractivity contribution in [2.75, 3.05) is 14.2 Å². The highest BCUT2D eigenvalue weighted by Gasteiger charge is 2.14. The third-order valence-electron chi connectivity index (χ3n) is 5.35. The van der Waals surface area contributed by atoms with Crippen LogP contribution in [0.15, 0.2) is 72.9 Å². The first kappa shape index (κ1) is 21.1. The summed E-state index contributed by atoms with van der Waals surface area (Å²) in [5, 5.41) is 9.68. The summed E-state index contributed by atoms with van der Waals surface area (Å²) in [6.45, 7) is 0.605. The summed E-state index contributed by atoms with van der Waals surface area (Å²) < 4.78 is 12.6. The molecule has 0 spiro atoms. The fourth-order valence-electron chi connectivity index (χ4n) is 3.65. The van der Waals surface area contributed by atoms with Gasteiger partial charge >= 0.3 is 0 Å². The topological polar surface area (TPSA) is 89.8 Å². The Balaban J connectivity index is 1.57. The van der Waals surface area contributed by atoms with E-state index in [-0.39, 0.29) is 5.78 Å². The van der Waals surface area contributed by atoms with Crippen LogP contribution in [-0.4, -0.2) is 35.7 Å². The number of benzene rings is 3. The molecule has 0 saturated carbocycles. The van der Waals surface area contributed by atoms with Crippen LogP contribution in [0.3, 0.4) is 0 Å². The second kappa shape index (κ2) is 8.95. The number of ketones is 1. The zero-order valence-corrected chi connectivity index (χ0v) is 17.7. The van der Waals surface area contributed by atoms with E-state index >= 15 is 0 Å². The van der Waals surface area contributed by atoms with Gasteiger partial charge in [-0.05, 0) is 60.2 Å². The lowest BCUT2D eigenvalue weighted by Gasteiger charge is -2.10. The lowest BCUT2D eigenvalue weighted by Crippen LogP contribution is -2.18. The van der Waals surface area contributed by atoms with Crippen LogP contribution >= 0.6 is 0 Å². The molecule has 1 amide bonds. The van der Waals surface area contributed by atoms with Gasteiger partial charge in [0.25, 0.3) is 5.91 Å². The van der Waals surface area contributed by atoms with E-state index in [1.54, 1.807) is 42.9 Å². The lowest BCUT2D eigenvalue weighted by molar-refractivity contribution is 0.0706. The summed E-state index contributed by atoms with van der Waals surface area (Å²) in [7, 11) is 3.09. The molecule has 0 aliphatic carbocycles. The molecule has 0 aliphatic rings. The van der Waals surface area contributed by atoms with Crippen LogP contribution in [-0.2, 0) is 6.54 Å². The second-order valence-corrected chi connectivity index (χ2v) is 7.25. The summed E-state index contributed by atoms with van der Waals surface area (Å²) >= 11 is 0. The molecule has 0 bridgehead atoms. The van der Waals surface area contributed by atoms with Gasteiger partial charge in [0.15, 0.2) is 17.3 Å². The number of nitrogens with zero attached hydrogens (tertiary/aromatic N) is 1. The van der Waals surface area contributed by atoms with E-state index in [0.29, 0.717) is 34.7 Å². The van der Waals surface area contributed by atoms with E-state index in [2.05, 4.69) is 4.57 Å². The number of amides is 1. The van der Waals surface area contributed by atoms with Crippen LogP contribution in [0.2, 0.25) is 0 Å². The third-order valence-corrected chi connectivity index (χ3v) is 5.35. The molecule has 0 radical (unpaired) electrons. The Kier molecular flexibility index (Phi) is 5.91. The molecule has 32 heavy (non-hydrogen) atoms. The molecule has 1 heterocycles. The van der Waals surface area contributed by atoms with Crippen LogP contribution < -0.4 is 15.0 Å². The number of hydrogen-bond donors (Lipinski definition) is 2. The fraction of sp³-hybridized carbons (Fsp3) is 0.120. The van der Waals surface area contributed by atoms with E-state index in [9.17, 15) is 9.59 Å². The van der Waals surface area contributed by atoms with E-state index in [4.69, 9.17) is 14.7 Å². The van der Waals surface area contributed by atoms with E-state index in [0.717, 1.165) is 16.5 Å². The number of carbonyl (C=O) groups is 2. The number of methoxy groups -OCH3 is 2. The zero-order valence-electron chi connectivity index (χ0n) is 17.7. The van der Waals surface area contributed by atoms with Crippen molar-refractivity contribution in [2.45, 2.75) is 6.54 Å². The first-order valence-corrected chi connectivity index (χ1v) is 9.93. The minimum atomic E-state index is -0.547. The van der Waals surface area contributed by atoms with E-state index in [1.807, 2.05) is 42.6 Å². The van der Waals surface area contributed by atoms with Gasteiger partial charge in [-0.25, -0.2) is 5.48 Å². The van der Waals surface area contributed by atoms with Crippen molar-refractivity contribution in [3.8, 4) is 11.5 Å². The van der Waals surface area contributed by atoms with Crippen molar-refractivity contribution >= 4 is 22.6 Å². The molecule has 2 N–H and O–H groups in total. The van der Waals surface area contributed by atoms with Gasteiger partial charge in [0, 0.05) is 40.3 Å². The average Bonchev–Trinajstić information content (AvgIpc) is 3.24. The van der Waals surface area contributed by atoms with Crippen LogP contribution in [0.1, 0.15) is 31.8 Å². The molecule has 0 aliphatic heterocycles. The standard InChI is InChI=1S/C25H22N2O5/c1-31-22-10-8-20(14-23(22)32-2)24(28)19-7-9-21-18(13-19)11-12-27(21)15-16-3-5-17(6-4-16)25(29)26-30/h3-14,30H,15H2,1-2H3,(H,26,29). The zero-order chi connectivity index (χ0) is 22.7. The van der Waals surface area contributed by atoms with E-state index < -0.39 is 5.91 Å². The predicted octanol–water partition coefficient (Wildman–Crippen LogP) is 4.06. The number of hydrogen-bond acceptors (Lipinski definition) is 5. The van der Waals surface area contributed by atoms with Gasteiger partial charge in [-0.15, -0.1) is 0 Å². The Morgan fingerprint density at radius 2 is 1.50 bits per heavy atom. The molecule has 0 unspecified atom stereocenters. The van der Waals surface area contributed by atoms with Crippen molar-refractivity contribution in [3.63, 3.8) is 0 Å². The quantitative estimate of drug-likeness (QED) is 0.262. The van der Waals surface area contributed by atoms with Gasteiger partial charge in [0.05, 0.1) is 14.2 Å². The number of ether oxygens (including phenoxy) is 2. The molecule has 0 atom stereocenters. The monoisotopic (exact) mass is 430 g/mol. The summed E-state index contributed by atoms with van der Waals surface area (Å²) in [5.41, 5.74) is 5.11. The summed E-state index contributed by atoms with van der Waals surface area (Å²) in [4.78, 5) is 24.5. The Morgan fingerprint density at radius 3 is 2.19 bits per heavy atom. The number of carbonyl (C=O) groups excluding carboxylic acids is 2. The van der Waals surface area contributed by atoms with Gasteiger partial charge in [-0.2, -0.15) is 0 Å². The third kappa shape index (κ3) is 4.06. The number of hydroxylamine groups is 1. The first-order valence-electron chi connectivity index (χ1n) is 9.93. The molecule has 7 heteroatoms. The van der Waals surface area contributed by atoms with Crippen LogP contribution in [0.25, 0.3) is 10.9 Å². The van der Waals surface area contributed by atoms with Gasteiger partial charge in [-0.1, -0.05) is 12.1 Å². The van der Waals surface area contributed by atoms with Crippen LogP contribution in [0.5, 0.6) is 11.5 Å². The number of fused-ring (bicyclic) bond motifs is 1. The smallest absolute Gasteiger partial charge is 0.274 e. The predicted molar refractivity (Wildman–Crippen MR) is 120 cm³/mol. The maximum Gasteiger partial charge on any atom is 0.274 e. The summed E-state index contributed by atoms with van der Waals surface area (Å²) in [6.07, 6.45) is 1.96. The largest absolute Gasteiger partial charge is 0.493 e. The number of rotatable bonds is 7. The molecule has 4 aromatic rings. The minimum Gasteiger partial charge on any atom is -0.493 e. The van der Waals surface area contributed by atoms with Gasteiger partial charge < -0.3 is 14.0 Å². The van der Waals surface area contributed by atoms with Gasteiger partial charge in [-0.3, -0.25) is 14.8 Å². The summed E-state index contributed by atoms with van der Waals surface area (Å²) in [5.74, 6) is 0.433. The molecular formula is C25H22N2O5. The van der Waals surface area contributed by atoms with Crippen molar-refractivity contribution in [2.24, 2.45) is 0 Å². The molecule has 1 aromatic heterocycles.